The summed E-state index contributed by atoms with van der Waals surface area (Å²) < 4.78 is 0. The molecule has 1 aliphatic rings. The van der Waals surface area contributed by atoms with E-state index in [2.05, 4.69) is 0 Å². The number of aldehydes is 2. The van der Waals surface area contributed by atoms with Gasteiger partial charge in [0, 0.05) is 5.92 Å². The van der Waals surface area contributed by atoms with Crippen molar-refractivity contribution < 1.29 is 19.5 Å². The molecule has 2 unspecified atom stereocenters. The number of carbonyl (C=O) groups is 3. The molecule has 0 aromatic heterocycles. The van der Waals surface area contributed by atoms with Gasteiger partial charge in [0.05, 0.1) is 0 Å². The molecule has 4 heteroatoms. The van der Waals surface area contributed by atoms with E-state index in [1.54, 1.807) is 0 Å². The quantitative estimate of drug-likeness (QED) is 0.516. The van der Waals surface area contributed by atoms with Gasteiger partial charge in [0.1, 0.15) is 18.0 Å². The van der Waals surface area contributed by atoms with Crippen molar-refractivity contribution in [3.05, 3.63) is 0 Å². The summed E-state index contributed by atoms with van der Waals surface area (Å²) in [6.45, 7) is 0. The van der Waals surface area contributed by atoms with Crippen LogP contribution in [0.2, 0.25) is 0 Å². The van der Waals surface area contributed by atoms with Crippen molar-refractivity contribution in [2.45, 2.75) is 25.7 Å². The Morgan fingerprint density at radius 1 is 1.38 bits per heavy atom. The van der Waals surface area contributed by atoms with E-state index in [4.69, 9.17) is 5.11 Å². The van der Waals surface area contributed by atoms with Crippen LogP contribution in [0.1, 0.15) is 25.7 Å². The molecule has 1 rings (SSSR count). The van der Waals surface area contributed by atoms with Crippen molar-refractivity contribution in [3.63, 3.8) is 0 Å². The number of carboxylic acid groups (broad SMARTS) is 1. The Balaban J connectivity index is 2.97. The highest BCUT2D eigenvalue weighted by Gasteiger charge is 2.47. The van der Waals surface area contributed by atoms with Gasteiger partial charge in [0.2, 0.25) is 0 Å². The molecule has 1 N–H and O–H groups in total. The molecule has 1 aliphatic carbocycles. The van der Waals surface area contributed by atoms with E-state index in [1.165, 1.54) is 0 Å². The molecule has 2 atom stereocenters. The highest BCUT2D eigenvalue weighted by molar-refractivity contribution is 5.95. The van der Waals surface area contributed by atoms with Crippen LogP contribution in [0.4, 0.5) is 0 Å². The van der Waals surface area contributed by atoms with Crippen LogP contribution in [0.3, 0.4) is 0 Å². The lowest BCUT2D eigenvalue weighted by Crippen LogP contribution is -2.43. The van der Waals surface area contributed by atoms with Gasteiger partial charge in [-0.3, -0.25) is 4.79 Å². The van der Waals surface area contributed by atoms with Gasteiger partial charge in [-0.15, -0.1) is 0 Å². The minimum absolute atomic E-state index is 0.287. The first-order chi connectivity index (χ1) is 6.17. The topological polar surface area (TPSA) is 71.4 Å². The van der Waals surface area contributed by atoms with Crippen LogP contribution in [0, 0.1) is 11.3 Å². The average Bonchev–Trinajstić information content (AvgIpc) is 2.17. The van der Waals surface area contributed by atoms with Crippen LogP contribution in [0.15, 0.2) is 0 Å². The highest BCUT2D eigenvalue weighted by atomic mass is 16.4. The second-order valence-electron chi connectivity index (χ2n) is 3.45. The van der Waals surface area contributed by atoms with Gasteiger partial charge < -0.3 is 14.7 Å². The largest absolute Gasteiger partial charge is 0.480 e. The zero-order chi connectivity index (χ0) is 9.90. The number of aliphatic carboxylic acids is 1. The first kappa shape index (κ1) is 9.89. The number of hydrogen-bond acceptors (Lipinski definition) is 3. The van der Waals surface area contributed by atoms with Crippen LogP contribution in [0.5, 0.6) is 0 Å². The fourth-order valence-corrected chi connectivity index (χ4v) is 1.88. The first-order valence-electron chi connectivity index (χ1n) is 4.32. The van der Waals surface area contributed by atoms with E-state index in [1.807, 2.05) is 0 Å². The molecule has 0 aliphatic heterocycles. The van der Waals surface area contributed by atoms with E-state index >= 15 is 0 Å². The molecule has 0 aromatic rings. The molecule has 0 radical (unpaired) electrons. The summed E-state index contributed by atoms with van der Waals surface area (Å²) in [6.07, 6.45) is 3.35. The van der Waals surface area contributed by atoms with Gasteiger partial charge >= 0.3 is 5.97 Å². The normalized spacial score (nSPS) is 33.7. The maximum Gasteiger partial charge on any atom is 0.317 e. The van der Waals surface area contributed by atoms with Gasteiger partial charge in [-0.1, -0.05) is 12.8 Å². The van der Waals surface area contributed by atoms with Crippen molar-refractivity contribution in [2.24, 2.45) is 11.3 Å². The van der Waals surface area contributed by atoms with Crippen molar-refractivity contribution in [2.75, 3.05) is 0 Å². The maximum atomic E-state index is 10.9. The third-order valence-corrected chi connectivity index (χ3v) is 2.79. The SMILES string of the molecule is O=CC1CCCCC1(C=O)C(=O)O. The van der Waals surface area contributed by atoms with Crippen molar-refractivity contribution in [3.8, 4) is 0 Å². The van der Waals surface area contributed by atoms with Crippen LogP contribution in [-0.4, -0.2) is 23.6 Å². The first-order valence-corrected chi connectivity index (χ1v) is 4.32. The molecular weight excluding hydrogens is 172 g/mol. The summed E-state index contributed by atoms with van der Waals surface area (Å²) in [5.74, 6) is -1.81. The molecule has 0 spiro atoms. The molecule has 0 aromatic carbocycles. The Morgan fingerprint density at radius 2 is 2.08 bits per heavy atom. The molecule has 13 heavy (non-hydrogen) atoms. The number of rotatable bonds is 3. The lowest BCUT2D eigenvalue weighted by atomic mass is 9.68. The van der Waals surface area contributed by atoms with Gasteiger partial charge in [0.15, 0.2) is 0 Å². The fraction of sp³-hybridized carbons (Fsp3) is 0.667. The van der Waals surface area contributed by atoms with E-state index in [0.717, 1.165) is 6.42 Å². The van der Waals surface area contributed by atoms with Crippen LogP contribution in [-0.2, 0) is 14.4 Å². The Bertz CT molecular complexity index is 236. The molecule has 0 saturated heterocycles. The maximum absolute atomic E-state index is 10.9. The Kier molecular flexibility index (Phi) is 2.80. The summed E-state index contributed by atoms with van der Waals surface area (Å²) in [4.78, 5) is 32.3. The summed E-state index contributed by atoms with van der Waals surface area (Å²) in [5, 5.41) is 8.90. The average molecular weight is 184 g/mol. The summed E-state index contributed by atoms with van der Waals surface area (Å²) in [6, 6.07) is 0. The second-order valence-corrected chi connectivity index (χ2v) is 3.45. The minimum Gasteiger partial charge on any atom is -0.480 e. The van der Waals surface area contributed by atoms with Gasteiger partial charge in [-0.05, 0) is 12.8 Å². The van der Waals surface area contributed by atoms with E-state index in [9.17, 15) is 14.4 Å². The predicted octanol–water partition coefficient (Wildman–Crippen LogP) is 0.645. The molecule has 0 amide bonds. The third kappa shape index (κ3) is 1.48. The lowest BCUT2D eigenvalue weighted by Gasteiger charge is -2.32. The number of carbonyl (C=O) groups excluding carboxylic acids is 2. The van der Waals surface area contributed by atoms with Crippen molar-refractivity contribution in [1.29, 1.82) is 0 Å². The Morgan fingerprint density at radius 3 is 2.46 bits per heavy atom. The summed E-state index contributed by atoms with van der Waals surface area (Å²) >= 11 is 0. The molecule has 1 fully saturated rings. The highest BCUT2D eigenvalue weighted by Crippen LogP contribution is 2.38. The van der Waals surface area contributed by atoms with E-state index in [0.29, 0.717) is 25.4 Å². The third-order valence-electron chi connectivity index (χ3n) is 2.79. The molecule has 72 valence electrons. The second kappa shape index (κ2) is 3.68. The van der Waals surface area contributed by atoms with Gasteiger partial charge in [0.25, 0.3) is 0 Å². The van der Waals surface area contributed by atoms with Gasteiger partial charge in [-0.2, -0.15) is 0 Å². The van der Waals surface area contributed by atoms with E-state index < -0.39 is 17.3 Å². The lowest BCUT2D eigenvalue weighted by molar-refractivity contribution is -0.158. The zero-order valence-electron chi connectivity index (χ0n) is 7.23. The zero-order valence-corrected chi connectivity index (χ0v) is 7.23. The molecular formula is C9H12O4. The Hall–Kier alpha value is -1.19. The van der Waals surface area contributed by atoms with Crippen LogP contribution < -0.4 is 0 Å². The molecule has 0 heterocycles. The van der Waals surface area contributed by atoms with Gasteiger partial charge in [-0.25, -0.2) is 0 Å². The van der Waals surface area contributed by atoms with E-state index in [-0.39, 0.29) is 6.42 Å². The van der Waals surface area contributed by atoms with Crippen LogP contribution in [0.25, 0.3) is 0 Å². The number of hydrogen-bond donors (Lipinski definition) is 1. The molecule has 0 bridgehead atoms. The van der Waals surface area contributed by atoms with Crippen molar-refractivity contribution >= 4 is 18.5 Å². The van der Waals surface area contributed by atoms with Crippen LogP contribution >= 0.6 is 0 Å². The summed E-state index contributed by atoms with van der Waals surface area (Å²) in [5.41, 5.74) is -1.44. The molecule has 4 nitrogen and oxygen atoms in total. The Labute approximate surface area is 75.9 Å². The number of carboxylic acids is 1. The fourth-order valence-electron chi connectivity index (χ4n) is 1.88. The monoisotopic (exact) mass is 184 g/mol. The standard InChI is InChI=1S/C9H12O4/c10-5-7-3-1-2-4-9(7,6-11)8(12)13/h5-7H,1-4H2,(H,12,13). The predicted molar refractivity (Wildman–Crippen MR) is 44.2 cm³/mol. The smallest absolute Gasteiger partial charge is 0.317 e. The molecule has 1 saturated carbocycles. The van der Waals surface area contributed by atoms with Crippen molar-refractivity contribution in [1.82, 2.24) is 0 Å². The summed E-state index contributed by atoms with van der Waals surface area (Å²) in [7, 11) is 0. The minimum atomic E-state index is -1.44.